The van der Waals surface area contributed by atoms with Gasteiger partial charge >= 0.3 is 0 Å². The van der Waals surface area contributed by atoms with Crippen molar-refractivity contribution in [3.8, 4) is 0 Å². The van der Waals surface area contributed by atoms with Crippen molar-refractivity contribution in [2.75, 3.05) is 9.80 Å². The van der Waals surface area contributed by atoms with Crippen LogP contribution in [0.3, 0.4) is 0 Å². The molecule has 0 bridgehead atoms. The minimum Gasteiger partial charge on any atom is -0.458 e. The molecule has 0 atom stereocenters. The molecule has 14 rings (SSSR count). The van der Waals surface area contributed by atoms with Gasteiger partial charge in [0.05, 0.1) is 22.7 Å². The van der Waals surface area contributed by atoms with Gasteiger partial charge in [-0.15, -0.1) is 0 Å². The average molecular weight is 939 g/mol. The van der Waals surface area contributed by atoms with E-state index in [1.54, 1.807) is 0 Å². The Hall–Kier alpha value is -7.30. The van der Waals surface area contributed by atoms with Crippen LogP contribution in [0.25, 0.3) is 71.3 Å². The van der Waals surface area contributed by atoms with Crippen LogP contribution in [0.15, 0.2) is 161 Å². The van der Waals surface area contributed by atoms with E-state index in [2.05, 4.69) is 195 Å². The molecular weight excluding hydrogens is 877 g/mol. The van der Waals surface area contributed by atoms with E-state index in [0.29, 0.717) is 11.8 Å². The fraction of sp³-hybridized carbons (Fsp3) is 0.265. The van der Waals surface area contributed by atoms with Crippen molar-refractivity contribution in [3.63, 3.8) is 0 Å². The number of benzene rings is 9. The summed E-state index contributed by atoms with van der Waals surface area (Å²) in [4.78, 5) is 5.04. The molecule has 0 saturated heterocycles. The lowest BCUT2D eigenvalue weighted by Gasteiger charge is -2.31. The standard InChI is InChI=1S/C68H62N2O2/c1-41(2)57-39-61(69(47-31-27-45(28-32-47)43-15-5-6-16-43)59-23-13-21-53-49-19-9-11-25-63(49)71-67(53)59)55-38-36-52-58(42(3)4)40-62(56-37-35-51(57)65(55)66(52)56)70(48-33-29-46(30-34-48)44-17-7-8-18-44)60-24-14-22-54-50-20-10-12-26-64(50)72-68(54)60/h9-11,13-14,19-25,27-44H,5-8,12,15-18,26H2,1-4H3. The predicted octanol–water partition coefficient (Wildman–Crippen LogP) is 20.7. The number of hydrogen-bond donors (Lipinski definition) is 0. The number of aryl methyl sites for hydroxylation is 1. The molecule has 11 aromatic rings. The van der Waals surface area contributed by atoms with Gasteiger partial charge in [-0.3, -0.25) is 0 Å². The Bertz CT molecular complexity index is 3890. The zero-order valence-corrected chi connectivity index (χ0v) is 42.1. The van der Waals surface area contributed by atoms with E-state index in [1.165, 1.54) is 123 Å². The van der Waals surface area contributed by atoms with Gasteiger partial charge in [-0.05, 0) is 154 Å². The molecule has 2 heterocycles. The maximum absolute atomic E-state index is 7.00. The van der Waals surface area contributed by atoms with Crippen molar-refractivity contribution in [1.82, 2.24) is 0 Å². The second-order valence-electron chi connectivity index (χ2n) is 22.0. The molecule has 2 aromatic heterocycles. The van der Waals surface area contributed by atoms with Gasteiger partial charge in [-0.2, -0.15) is 0 Å². The number of furan rings is 2. The van der Waals surface area contributed by atoms with Crippen LogP contribution in [0.2, 0.25) is 0 Å². The van der Waals surface area contributed by atoms with Gasteiger partial charge in [0.25, 0.3) is 0 Å². The van der Waals surface area contributed by atoms with Gasteiger partial charge in [0.2, 0.25) is 0 Å². The fourth-order valence-corrected chi connectivity index (χ4v) is 13.5. The summed E-state index contributed by atoms with van der Waals surface area (Å²) in [6.45, 7) is 9.44. The SMILES string of the molecule is CC(C)c1cc(N(c2ccc(C3CCCC3)cc2)c2cccc3c4c(oc23)CCC=C4)c2ccc3c(C(C)C)cc(N(c4ccc(C5CCCC5)cc4)c4cccc5c4oc4ccccc45)c4ccc1c2c34. The van der Waals surface area contributed by atoms with Gasteiger partial charge in [0, 0.05) is 50.3 Å². The number of nitrogens with zero attached hydrogens (tertiary/aromatic N) is 2. The lowest BCUT2D eigenvalue weighted by atomic mass is 9.84. The van der Waals surface area contributed by atoms with Crippen molar-refractivity contribution >= 4 is 105 Å². The molecule has 0 amide bonds. The van der Waals surface area contributed by atoms with Crippen LogP contribution in [0, 0.1) is 0 Å². The summed E-state index contributed by atoms with van der Waals surface area (Å²) >= 11 is 0. The van der Waals surface area contributed by atoms with Crippen LogP contribution in [0.5, 0.6) is 0 Å². The van der Waals surface area contributed by atoms with E-state index in [1.807, 2.05) is 0 Å². The molecule has 3 aliphatic rings. The molecule has 0 radical (unpaired) electrons. The van der Waals surface area contributed by atoms with Crippen molar-refractivity contribution in [2.24, 2.45) is 0 Å². The number of fused-ring (bicyclic) bond motifs is 6. The molecule has 356 valence electrons. The second kappa shape index (κ2) is 17.2. The first-order valence-corrected chi connectivity index (χ1v) is 27.1. The summed E-state index contributed by atoms with van der Waals surface area (Å²) in [5.74, 6) is 2.87. The Balaban J connectivity index is 1.06. The number of hydrogen-bond acceptors (Lipinski definition) is 4. The fourth-order valence-electron chi connectivity index (χ4n) is 13.5. The molecule has 72 heavy (non-hydrogen) atoms. The molecule has 9 aromatic carbocycles. The Labute approximate surface area is 422 Å². The molecule has 4 heteroatoms. The zero-order valence-electron chi connectivity index (χ0n) is 42.1. The van der Waals surface area contributed by atoms with Gasteiger partial charge < -0.3 is 18.6 Å². The maximum atomic E-state index is 7.00. The van der Waals surface area contributed by atoms with Crippen LogP contribution in [0.4, 0.5) is 34.1 Å². The molecule has 2 fully saturated rings. The first-order valence-electron chi connectivity index (χ1n) is 27.1. The quantitative estimate of drug-likeness (QED) is 0.128. The molecule has 3 aliphatic carbocycles. The highest BCUT2D eigenvalue weighted by molar-refractivity contribution is 6.30. The van der Waals surface area contributed by atoms with Gasteiger partial charge in [0.1, 0.15) is 11.3 Å². The number of anilines is 6. The molecular formula is C68H62N2O2. The van der Waals surface area contributed by atoms with E-state index < -0.39 is 0 Å². The molecule has 0 unspecified atom stereocenters. The monoisotopic (exact) mass is 938 g/mol. The third-order valence-electron chi connectivity index (χ3n) is 17.1. The number of para-hydroxylation sites is 3. The van der Waals surface area contributed by atoms with Crippen LogP contribution < -0.4 is 9.80 Å². The first kappa shape index (κ1) is 43.5. The van der Waals surface area contributed by atoms with Crippen molar-refractivity contribution in [1.29, 1.82) is 0 Å². The van der Waals surface area contributed by atoms with Gasteiger partial charge in [-0.25, -0.2) is 0 Å². The minimum absolute atomic E-state index is 0.262. The third-order valence-corrected chi connectivity index (χ3v) is 17.1. The summed E-state index contributed by atoms with van der Waals surface area (Å²) in [6, 6.07) is 55.8. The Morgan fingerprint density at radius 1 is 0.444 bits per heavy atom. The van der Waals surface area contributed by atoms with Gasteiger partial charge in [-0.1, -0.05) is 157 Å². The molecule has 2 saturated carbocycles. The van der Waals surface area contributed by atoms with Crippen molar-refractivity contribution in [3.05, 3.63) is 185 Å². The maximum Gasteiger partial charge on any atom is 0.159 e. The predicted molar refractivity (Wildman–Crippen MR) is 305 cm³/mol. The lowest BCUT2D eigenvalue weighted by molar-refractivity contribution is 0.546. The largest absolute Gasteiger partial charge is 0.458 e. The first-order chi connectivity index (χ1) is 35.4. The summed E-state index contributed by atoms with van der Waals surface area (Å²) in [5, 5.41) is 11.2. The molecule has 0 spiro atoms. The summed E-state index contributed by atoms with van der Waals surface area (Å²) in [7, 11) is 0. The van der Waals surface area contributed by atoms with Crippen LogP contribution in [0.1, 0.15) is 143 Å². The molecule has 4 nitrogen and oxygen atoms in total. The van der Waals surface area contributed by atoms with Crippen molar-refractivity contribution < 1.29 is 8.83 Å². The topological polar surface area (TPSA) is 32.8 Å². The lowest BCUT2D eigenvalue weighted by Crippen LogP contribution is -2.13. The highest BCUT2D eigenvalue weighted by atomic mass is 16.3. The Morgan fingerprint density at radius 3 is 1.47 bits per heavy atom. The summed E-state index contributed by atoms with van der Waals surface area (Å²) in [6.07, 6.45) is 16.8. The van der Waals surface area contributed by atoms with E-state index in [0.717, 1.165) is 74.6 Å². The normalized spacial score (nSPS) is 15.6. The van der Waals surface area contributed by atoms with Gasteiger partial charge in [0.15, 0.2) is 11.2 Å². The molecule has 0 aliphatic heterocycles. The van der Waals surface area contributed by atoms with Crippen LogP contribution in [-0.4, -0.2) is 0 Å². The van der Waals surface area contributed by atoms with E-state index in [4.69, 9.17) is 8.83 Å². The highest BCUT2D eigenvalue weighted by Crippen LogP contribution is 2.53. The van der Waals surface area contributed by atoms with Crippen molar-refractivity contribution in [2.45, 2.75) is 116 Å². The third kappa shape index (κ3) is 6.85. The zero-order chi connectivity index (χ0) is 48.2. The second-order valence-corrected chi connectivity index (χ2v) is 22.0. The van der Waals surface area contributed by atoms with E-state index in [-0.39, 0.29) is 11.8 Å². The number of rotatable bonds is 10. The Kier molecular flexibility index (Phi) is 10.4. The minimum atomic E-state index is 0.262. The summed E-state index contributed by atoms with van der Waals surface area (Å²) in [5.41, 5.74) is 16.3. The van der Waals surface area contributed by atoms with Crippen LogP contribution >= 0.6 is 0 Å². The molecule has 0 N–H and O–H groups in total. The van der Waals surface area contributed by atoms with Crippen LogP contribution in [-0.2, 0) is 6.42 Å². The smallest absolute Gasteiger partial charge is 0.159 e. The Morgan fingerprint density at radius 2 is 0.931 bits per heavy atom. The average Bonchev–Trinajstić information content (AvgIpc) is 4.27. The highest BCUT2D eigenvalue weighted by Gasteiger charge is 2.30. The van der Waals surface area contributed by atoms with E-state index >= 15 is 0 Å². The summed E-state index contributed by atoms with van der Waals surface area (Å²) < 4.78 is 13.9. The van der Waals surface area contributed by atoms with E-state index in [9.17, 15) is 0 Å². The number of allylic oxidation sites excluding steroid dienone is 1.